The fourth-order valence-corrected chi connectivity index (χ4v) is 3.16. The third-order valence-electron chi connectivity index (χ3n) is 3.46. The van der Waals surface area contributed by atoms with E-state index in [1.54, 1.807) is 12.1 Å². The number of rotatable bonds is 3. The van der Waals surface area contributed by atoms with E-state index >= 15 is 0 Å². The topological polar surface area (TPSA) is 53.0 Å². The number of benzene rings is 1. The van der Waals surface area contributed by atoms with Crippen LogP contribution in [0.1, 0.15) is 5.56 Å². The van der Waals surface area contributed by atoms with E-state index in [9.17, 15) is 5.26 Å². The molecule has 1 aliphatic rings. The fourth-order valence-electron chi connectivity index (χ4n) is 2.55. The lowest BCUT2D eigenvalue weighted by atomic mass is 9.78. The van der Waals surface area contributed by atoms with E-state index in [4.69, 9.17) is 28.9 Å². The summed E-state index contributed by atoms with van der Waals surface area (Å²) in [7, 11) is 3.83. The number of halogens is 2. The highest BCUT2D eigenvalue weighted by Crippen LogP contribution is 2.39. The molecular weight excluding hydrogens is 305 g/mol. The van der Waals surface area contributed by atoms with E-state index in [1.807, 2.05) is 43.3 Å². The number of hydrogen-bond donors (Lipinski definition) is 1. The maximum absolute atomic E-state index is 9.46. The zero-order valence-corrected chi connectivity index (χ0v) is 13.5. The van der Waals surface area contributed by atoms with Crippen molar-refractivity contribution in [2.24, 2.45) is 11.7 Å². The van der Waals surface area contributed by atoms with Crippen LogP contribution in [-0.2, 0) is 0 Å². The Morgan fingerprint density at radius 3 is 2.57 bits per heavy atom. The van der Waals surface area contributed by atoms with Crippen molar-refractivity contribution in [2.75, 3.05) is 20.6 Å². The molecule has 2 N–H and O–H groups in total. The van der Waals surface area contributed by atoms with Gasteiger partial charge >= 0.3 is 0 Å². The molecule has 0 bridgehead atoms. The lowest BCUT2D eigenvalue weighted by Gasteiger charge is -2.35. The maximum Gasteiger partial charge on any atom is 0.0881 e. The van der Waals surface area contributed by atoms with E-state index in [1.165, 1.54) is 0 Å². The van der Waals surface area contributed by atoms with Gasteiger partial charge in [-0.05, 0) is 31.8 Å². The highest BCUT2D eigenvalue weighted by Gasteiger charge is 2.37. The largest absolute Gasteiger partial charge is 0.319 e. The maximum atomic E-state index is 9.46. The minimum atomic E-state index is -0.805. The molecule has 0 spiro atoms. The highest BCUT2D eigenvalue weighted by atomic mass is 35.5. The van der Waals surface area contributed by atoms with Gasteiger partial charge in [-0.1, -0.05) is 47.5 Å². The first-order valence-electron chi connectivity index (χ1n) is 6.56. The van der Waals surface area contributed by atoms with Crippen LogP contribution in [0.2, 0.25) is 5.02 Å². The van der Waals surface area contributed by atoms with Gasteiger partial charge in [-0.2, -0.15) is 5.26 Å². The molecule has 2 unspecified atom stereocenters. The summed E-state index contributed by atoms with van der Waals surface area (Å²) >= 11 is 12.6. The third kappa shape index (κ3) is 3.30. The first-order valence-corrected chi connectivity index (χ1v) is 7.31. The molecule has 0 aromatic heterocycles. The Balaban J connectivity index is 2.47. The van der Waals surface area contributed by atoms with Gasteiger partial charge in [0, 0.05) is 22.2 Å². The Bertz CT molecular complexity index is 643. The van der Waals surface area contributed by atoms with Gasteiger partial charge in [0.1, 0.15) is 0 Å². The Hall–Kier alpha value is -1.31. The van der Waals surface area contributed by atoms with Crippen LogP contribution in [0.4, 0.5) is 0 Å². The first kappa shape index (κ1) is 16.1. The average Bonchev–Trinajstić information content (AvgIpc) is 2.39. The van der Waals surface area contributed by atoms with E-state index in [0.29, 0.717) is 16.6 Å². The van der Waals surface area contributed by atoms with Crippen molar-refractivity contribution in [2.45, 2.75) is 5.54 Å². The fraction of sp³-hybridized carbons (Fsp3) is 0.312. The van der Waals surface area contributed by atoms with Gasteiger partial charge in [0.25, 0.3) is 0 Å². The molecule has 110 valence electrons. The predicted octanol–water partition coefficient (Wildman–Crippen LogP) is 3.26. The molecule has 2 rings (SSSR count). The smallest absolute Gasteiger partial charge is 0.0881 e. The number of hydrogen-bond acceptors (Lipinski definition) is 3. The van der Waals surface area contributed by atoms with Crippen molar-refractivity contribution < 1.29 is 0 Å². The summed E-state index contributed by atoms with van der Waals surface area (Å²) in [5.41, 5.74) is 7.15. The molecule has 0 fully saturated rings. The SMILES string of the molecule is CN(C)CC1(N)C=C(Cl)C(c2ccccc2Cl)=CC1C#N. The second-order valence-corrected chi connectivity index (χ2v) is 6.32. The molecule has 0 aliphatic heterocycles. The van der Waals surface area contributed by atoms with Crippen LogP contribution < -0.4 is 5.73 Å². The first-order chi connectivity index (χ1) is 9.87. The Labute approximate surface area is 135 Å². The predicted molar refractivity (Wildman–Crippen MR) is 87.9 cm³/mol. The lowest BCUT2D eigenvalue weighted by molar-refractivity contribution is 0.299. The zero-order chi connectivity index (χ0) is 15.6. The minimum absolute atomic E-state index is 0.464. The lowest BCUT2D eigenvalue weighted by Crippen LogP contribution is -2.53. The molecule has 0 amide bonds. The van der Waals surface area contributed by atoms with Crippen LogP contribution in [0.5, 0.6) is 0 Å². The monoisotopic (exact) mass is 321 g/mol. The molecule has 1 aromatic carbocycles. The van der Waals surface area contributed by atoms with Gasteiger partial charge in [-0.15, -0.1) is 0 Å². The van der Waals surface area contributed by atoms with E-state index in [2.05, 4.69) is 6.07 Å². The van der Waals surface area contributed by atoms with Crippen molar-refractivity contribution in [1.82, 2.24) is 4.90 Å². The zero-order valence-electron chi connectivity index (χ0n) is 12.0. The van der Waals surface area contributed by atoms with Crippen molar-refractivity contribution in [3.63, 3.8) is 0 Å². The third-order valence-corrected chi connectivity index (χ3v) is 4.10. The van der Waals surface area contributed by atoms with Gasteiger partial charge in [0.15, 0.2) is 0 Å². The quantitative estimate of drug-likeness (QED) is 0.929. The van der Waals surface area contributed by atoms with E-state index < -0.39 is 11.5 Å². The molecule has 2 atom stereocenters. The molecule has 1 aliphatic carbocycles. The number of allylic oxidation sites excluding steroid dienone is 2. The second-order valence-electron chi connectivity index (χ2n) is 5.51. The molecule has 3 nitrogen and oxygen atoms in total. The molecule has 0 saturated heterocycles. The van der Waals surface area contributed by atoms with Crippen LogP contribution >= 0.6 is 23.2 Å². The van der Waals surface area contributed by atoms with Gasteiger partial charge in [0.2, 0.25) is 0 Å². The van der Waals surface area contributed by atoms with Crippen molar-refractivity contribution in [3.8, 4) is 6.07 Å². The van der Waals surface area contributed by atoms with E-state index in [0.717, 1.165) is 11.1 Å². The Morgan fingerprint density at radius 1 is 1.33 bits per heavy atom. The molecule has 5 heteroatoms. The summed E-state index contributed by atoms with van der Waals surface area (Å²) in [6.07, 6.45) is 3.58. The molecule has 0 radical (unpaired) electrons. The average molecular weight is 322 g/mol. The summed E-state index contributed by atoms with van der Waals surface area (Å²) in [5, 5.41) is 10.6. The molecule has 0 saturated carbocycles. The summed E-state index contributed by atoms with van der Waals surface area (Å²) in [6.45, 7) is 0.535. The molecular formula is C16H17Cl2N3. The number of likely N-dealkylation sites (N-methyl/N-ethyl adjacent to an activating group) is 1. The van der Waals surface area contributed by atoms with Crippen LogP contribution in [0.25, 0.3) is 5.57 Å². The highest BCUT2D eigenvalue weighted by molar-refractivity contribution is 6.39. The second kappa shape index (κ2) is 6.21. The van der Waals surface area contributed by atoms with E-state index in [-0.39, 0.29) is 0 Å². The molecule has 21 heavy (non-hydrogen) atoms. The number of nitrogens with two attached hydrogens (primary N) is 1. The Morgan fingerprint density at radius 2 is 2.00 bits per heavy atom. The van der Waals surface area contributed by atoms with Gasteiger partial charge in [-0.3, -0.25) is 0 Å². The summed E-state index contributed by atoms with van der Waals surface area (Å²) in [5.74, 6) is -0.464. The van der Waals surface area contributed by atoms with Crippen LogP contribution in [-0.4, -0.2) is 31.1 Å². The number of nitrogens with zero attached hydrogens (tertiary/aromatic N) is 2. The Kier molecular flexibility index (Phi) is 4.75. The summed E-state index contributed by atoms with van der Waals surface area (Å²) in [4.78, 5) is 1.94. The molecule has 0 heterocycles. The summed E-state index contributed by atoms with van der Waals surface area (Å²) < 4.78 is 0. The van der Waals surface area contributed by atoms with Crippen LogP contribution in [0.15, 0.2) is 41.4 Å². The minimum Gasteiger partial charge on any atom is -0.319 e. The molecule has 1 aromatic rings. The van der Waals surface area contributed by atoms with Crippen molar-refractivity contribution in [1.29, 1.82) is 5.26 Å². The standard InChI is InChI=1S/C16H17Cl2N3/c1-21(2)10-16(20)8-15(18)13(7-11(16)9-19)12-5-3-4-6-14(12)17/h3-8,11H,10,20H2,1-2H3. The van der Waals surface area contributed by atoms with Crippen LogP contribution in [0, 0.1) is 17.2 Å². The van der Waals surface area contributed by atoms with Crippen molar-refractivity contribution in [3.05, 3.63) is 52.0 Å². The van der Waals surface area contributed by atoms with Crippen molar-refractivity contribution >= 4 is 28.8 Å². The van der Waals surface area contributed by atoms with Gasteiger partial charge in [-0.25, -0.2) is 0 Å². The van der Waals surface area contributed by atoms with Crippen LogP contribution in [0.3, 0.4) is 0 Å². The van der Waals surface area contributed by atoms with Gasteiger partial charge in [0.05, 0.1) is 17.5 Å². The normalized spacial score (nSPS) is 25.3. The van der Waals surface area contributed by atoms with Gasteiger partial charge < -0.3 is 10.6 Å². The summed E-state index contributed by atoms with van der Waals surface area (Å²) in [6, 6.07) is 9.69. The number of nitriles is 1.